The van der Waals surface area contributed by atoms with Crippen LogP contribution in [0.1, 0.15) is 38.8 Å². The van der Waals surface area contributed by atoms with Gasteiger partial charge in [0.1, 0.15) is 11.1 Å². The van der Waals surface area contributed by atoms with Crippen LogP contribution < -0.4 is 5.32 Å². The van der Waals surface area contributed by atoms with Crippen molar-refractivity contribution in [2.45, 2.75) is 27.2 Å². The van der Waals surface area contributed by atoms with E-state index in [2.05, 4.69) is 17.5 Å². The van der Waals surface area contributed by atoms with E-state index in [0.717, 1.165) is 44.6 Å². The molecule has 1 amide bonds. The van der Waals surface area contributed by atoms with Crippen LogP contribution >= 0.6 is 11.3 Å². The summed E-state index contributed by atoms with van der Waals surface area (Å²) in [6.07, 6.45) is 0.761. The van der Waals surface area contributed by atoms with E-state index in [0.29, 0.717) is 16.1 Å². The van der Waals surface area contributed by atoms with Crippen LogP contribution in [-0.4, -0.2) is 10.9 Å². The van der Waals surface area contributed by atoms with Crippen molar-refractivity contribution in [2.75, 3.05) is 5.32 Å². The number of amides is 1. The van der Waals surface area contributed by atoms with E-state index in [9.17, 15) is 10.1 Å². The molecule has 0 atom stereocenters. The van der Waals surface area contributed by atoms with Crippen molar-refractivity contribution in [3.8, 4) is 17.3 Å². The summed E-state index contributed by atoms with van der Waals surface area (Å²) < 4.78 is 0. The molecule has 2 aromatic carbocycles. The molecule has 0 fully saturated rings. The lowest BCUT2D eigenvalue weighted by atomic mass is 10.0. The second kappa shape index (κ2) is 8.10. The number of para-hydroxylation sites is 1. The lowest BCUT2D eigenvalue weighted by molar-refractivity contribution is 0.102. The van der Waals surface area contributed by atoms with Crippen molar-refractivity contribution in [2.24, 2.45) is 0 Å². The molecule has 0 unspecified atom stereocenters. The van der Waals surface area contributed by atoms with Gasteiger partial charge in [-0.2, -0.15) is 5.26 Å². The van der Waals surface area contributed by atoms with Gasteiger partial charge in [0.05, 0.1) is 22.3 Å². The number of benzene rings is 2. The van der Waals surface area contributed by atoms with Crippen LogP contribution in [0.15, 0.2) is 54.6 Å². The zero-order valence-corrected chi connectivity index (χ0v) is 17.9. The Morgan fingerprint density at radius 3 is 2.67 bits per heavy atom. The first-order valence-corrected chi connectivity index (χ1v) is 10.6. The zero-order valence-electron chi connectivity index (χ0n) is 17.1. The Morgan fingerprint density at radius 2 is 1.93 bits per heavy atom. The molecule has 0 saturated carbocycles. The number of hydrogen-bond acceptors (Lipinski definition) is 4. The van der Waals surface area contributed by atoms with Gasteiger partial charge in [-0.05, 0) is 44.0 Å². The number of aryl methyl sites for hydroxylation is 2. The number of carbonyl (C=O) groups excluding carboxylic acids is 1. The lowest BCUT2D eigenvalue weighted by Gasteiger charge is -2.11. The van der Waals surface area contributed by atoms with E-state index in [-0.39, 0.29) is 5.91 Å². The van der Waals surface area contributed by atoms with Crippen LogP contribution in [0.2, 0.25) is 0 Å². The monoisotopic (exact) mass is 411 g/mol. The maximum atomic E-state index is 13.3. The molecule has 1 N–H and O–H groups in total. The third kappa shape index (κ3) is 3.58. The third-order valence-corrected chi connectivity index (χ3v) is 6.24. The summed E-state index contributed by atoms with van der Waals surface area (Å²) in [7, 11) is 0. The largest absolute Gasteiger partial charge is 0.312 e. The Kier molecular flexibility index (Phi) is 5.35. The van der Waals surface area contributed by atoms with Gasteiger partial charge in [-0.25, -0.2) is 4.98 Å². The van der Waals surface area contributed by atoms with Crippen LogP contribution in [0, 0.1) is 25.2 Å². The summed E-state index contributed by atoms with van der Waals surface area (Å²) in [4.78, 5) is 19.1. The Bertz CT molecular complexity index is 1310. The predicted octanol–water partition coefficient (Wildman–Crippen LogP) is 6.27. The van der Waals surface area contributed by atoms with Gasteiger partial charge in [0.15, 0.2) is 0 Å². The minimum Gasteiger partial charge on any atom is -0.312 e. The van der Waals surface area contributed by atoms with Crippen molar-refractivity contribution in [1.82, 2.24) is 4.98 Å². The number of rotatable bonds is 4. The molecule has 2 aromatic heterocycles. The van der Waals surface area contributed by atoms with Gasteiger partial charge < -0.3 is 5.32 Å². The minimum atomic E-state index is -0.233. The number of anilines is 1. The number of aromatic nitrogens is 1. The Labute approximate surface area is 179 Å². The van der Waals surface area contributed by atoms with Crippen molar-refractivity contribution >= 4 is 33.1 Å². The number of hydrogen-bond donors (Lipinski definition) is 1. The second-order valence-corrected chi connectivity index (χ2v) is 8.43. The summed E-state index contributed by atoms with van der Waals surface area (Å²) in [6, 6.07) is 19.8. The molecule has 0 radical (unpaired) electrons. The second-order valence-electron chi connectivity index (χ2n) is 7.20. The summed E-state index contributed by atoms with van der Waals surface area (Å²) in [5, 5.41) is 14.0. The average Bonchev–Trinajstić information content (AvgIpc) is 3.06. The van der Waals surface area contributed by atoms with Crippen LogP contribution in [0.25, 0.3) is 22.2 Å². The zero-order chi connectivity index (χ0) is 21.3. The molecular formula is C25H21N3OS. The molecule has 5 heteroatoms. The molecule has 4 aromatic rings. The van der Waals surface area contributed by atoms with Gasteiger partial charge in [-0.3, -0.25) is 4.79 Å². The summed E-state index contributed by atoms with van der Waals surface area (Å²) in [5.74, 6) is -0.233. The first-order valence-electron chi connectivity index (χ1n) is 9.82. The Balaban J connectivity index is 1.82. The molecule has 2 heterocycles. The lowest BCUT2D eigenvalue weighted by Crippen LogP contribution is -2.13. The normalized spacial score (nSPS) is 10.7. The van der Waals surface area contributed by atoms with Crippen molar-refractivity contribution in [1.29, 1.82) is 5.26 Å². The highest BCUT2D eigenvalue weighted by Gasteiger charge is 2.19. The topological polar surface area (TPSA) is 65.8 Å². The van der Waals surface area contributed by atoms with E-state index < -0.39 is 0 Å². The van der Waals surface area contributed by atoms with Crippen LogP contribution in [0.4, 0.5) is 5.00 Å². The molecular weight excluding hydrogens is 390 g/mol. The van der Waals surface area contributed by atoms with Gasteiger partial charge >= 0.3 is 0 Å². The smallest absolute Gasteiger partial charge is 0.257 e. The van der Waals surface area contributed by atoms with Crippen LogP contribution in [0.5, 0.6) is 0 Å². The molecule has 30 heavy (non-hydrogen) atoms. The van der Waals surface area contributed by atoms with E-state index >= 15 is 0 Å². The fraction of sp³-hybridized carbons (Fsp3) is 0.160. The first kappa shape index (κ1) is 19.8. The summed E-state index contributed by atoms with van der Waals surface area (Å²) in [6.45, 7) is 6.04. The number of pyridine rings is 1. The van der Waals surface area contributed by atoms with Gasteiger partial charge in [-0.1, -0.05) is 48.9 Å². The highest BCUT2D eigenvalue weighted by atomic mass is 32.1. The summed E-state index contributed by atoms with van der Waals surface area (Å²) >= 11 is 1.45. The molecule has 148 valence electrons. The van der Waals surface area contributed by atoms with Gasteiger partial charge in [0.2, 0.25) is 0 Å². The van der Waals surface area contributed by atoms with Gasteiger partial charge in [-0.15, -0.1) is 11.3 Å². The third-order valence-electron chi connectivity index (χ3n) is 5.18. The van der Waals surface area contributed by atoms with Crippen LogP contribution in [-0.2, 0) is 6.42 Å². The number of thiophene rings is 1. The molecule has 0 aliphatic carbocycles. The molecule has 4 nitrogen and oxygen atoms in total. The Morgan fingerprint density at radius 1 is 1.13 bits per heavy atom. The van der Waals surface area contributed by atoms with Gasteiger partial charge in [0, 0.05) is 15.8 Å². The van der Waals surface area contributed by atoms with Gasteiger partial charge in [0.25, 0.3) is 5.91 Å². The fourth-order valence-corrected chi connectivity index (χ4v) is 4.79. The SMILES string of the molecule is CCc1c(C)sc(NC(=O)c2cc(-c3cccc(C)c3)nc3ccccc23)c1C#N. The van der Waals surface area contributed by atoms with Crippen molar-refractivity contribution in [3.63, 3.8) is 0 Å². The van der Waals surface area contributed by atoms with Crippen LogP contribution in [0.3, 0.4) is 0 Å². The summed E-state index contributed by atoms with van der Waals surface area (Å²) in [5.41, 5.74) is 5.72. The van der Waals surface area contributed by atoms with E-state index in [1.54, 1.807) is 0 Å². The average molecular weight is 412 g/mol. The molecule has 0 aliphatic heterocycles. The number of nitrogens with one attached hydrogen (secondary N) is 1. The molecule has 0 bridgehead atoms. The fourth-order valence-electron chi connectivity index (χ4n) is 3.70. The quantitative estimate of drug-likeness (QED) is 0.430. The van der Waals surface area contributed by atoms with E-state index in [4.69, 9.17) is 4.98 Å². The maximum Gasteiger partial charge on any atom is 0.257 e. The highest BCUT2D eigenvalue weighted by molar-refractivity contribution is 7.16. The van der Waals surface area contributed by atoms with Crippen molar-refractivity contribution < 1.29 is 4.79 Å². The van der Waals surface area contributed by atoms with E-state index in [1.165, 1.54) is 11.3 Å². The standard InChI is InChI=1S/C25H21N3OS/c1-4-18-16(3)30-25(21(18)14-26)28-24(29)20-13-23(17-9-7-8-15(2)12-17)27-22-11-6-5-10-19(20)22/h5-13H,4H2,1-3H3,(H,28,29). The minimum absolute atomic E-state index is 0.233. The molecule has 4 rings (SSSR count). The molecule has 0 saturated heterocycles. The number of fused-ring (bicyclic) bond motifs is 1. The Hall–Kier alpha value is -3.49. The number of nitriles is 1. The first-order chi connectivity index (χ1) is 14.5. The maximum absolute atomic E-state index is 13.3. The van der Waals surface area contributed by atoms with E-state index in [1.807, 2.05) is 69.3 Å². The molecule has 0 aliphatic rings. The molecule has 0 spiro atoms. The highest BCUT2D eigenvalue weighted by Crippen LogP contribution is 2.34. The predicted molar refractivity (Wildman–Crippen MR) is 123 cm³/mol. The van der Waals surface area contributed by atoms with Crippen molar-refractivity contribution in [3.05, 3.63) is 81.7 Å². The number of nitrogens with zero attached hydrogens (tertiary/aromatic N) is 2. The number of carbonyl (C=O) groups is 1.